The number of hydrogen-bond donors (Lipinski definition) is 0. The molecule has 1 saturated heterocycles. The highest BCUT2D eigenvalue weighted by molar-refractivity contribution is 7.48. The van der Waals surface area contributed by atoms with Gasteiger partial charge in [-0.15, -0.1) is 0 Å². The van der Waals surface area contributed by atoms with E-state index in [2.05, 4.69) is 76.8 Å². The van der Waals surface area contributed by atoms with Crippen LogP contribution in [0.3, 0.4) is 0 Å². The van der Waals surface area contributed by atoms with Crippen LogP contribution in [0, 0.1) is 0 Å². The molecule has 1 aromatic carbocycles. The maximum Gasteiger partial charge on any atom is 0.413 e. The van der Waals surface area contributed by atoms with Crippen molar-refractivity contribution in [3.05, 3.63) is 24.3 Å². The lowest BCUT2D eigenvalue weighted by atomic mass is 9.68. The Morgan fingerprint density at radius 2 is 1.43 bits per heavy atom. The van der Waals surface area contributed by atoms with Crippen LogP contribution in [0.15, 0.2) is 24.3 Å². The van der Waals surface area contributed by atoms with E-state index >= 15 is 0 Å². The maximum atomic E-state index is 6.37. The van der Waals surface area contributed by atoms with Gasteiger partial charge >= 0.3 is 15.6 Å². The molecule has 3 rings (SSSR count). The Morgan fingerprint density at radius 1 is 0.964 bits per heavy atom. The third-order valence-corrected chi connectivity index (χ3v) is 7.72. The first-order valence-electron chi connectivity index (χ1n) is 10.3. The van der Waals surface area contributed by atoms with Crippen LogP contribution < -0.4 is 9.05 Å². The highest BCUT2D eigenvalue weighted by atomic mass is 31.2. The Balaban J connectivity index is 2.04. The second-order valence-electron chi connectivity index (χ2n) is 10.5. The zero-order valence-electron chi connectivity index (χ0n) is 19.1. The number of piperidine rings is 1. The monoisotopic (exact) mass is 405 g/mol. The first-order chi connectivity index (χ1) is 12.8. The summed E-state index contributed by atoms with van der Waals surface area (Å²) in [5, 5.41) is 0. The third-order valence-electron chi connectivity index (χ3n) is 5.86. The van der Waals surface area contributed by atoms with E-state index < -0.39 is 8.53 Å². The second kappa shape index (κ2) is 7.47. The van der Waals surface area contributed by atoms with Crippen molar-refractivity contribution < 1.29 is 9.05 Å². The number of para-hydroxylation sites is 2. The molecule has 0 atom stereocenters. The van der Waals surface area contributed by atoms with Crippen molar-refractivity contribution in [2.45, 2.75) is 84.3 Å². The minimum Gasteiger partial charge on any atom is -0.424 e. The molecule has 2 aliphatic rings. The predicted octanol–water partition coefficient (Wildman–Crippen LogP) is 5.37. The average molecular weight is 405 g/mol. The molecule has 0 amide bonds. The number of nitrogens with zero attached hydrogens (tertiary/aromatic N) is 3. The first-order valence-corrected chi connectivity index (χ1v) is 11.5. The van der Waals surface area contributed by atoms with Crippen LogP contribution >= 0.6 is 8.53 Å². The van der Waals surface area contributed by atoms with E-state index in [9.17, 15) is 0 Å². The van der Waals surface area contributed by atoms with E-state index in [1.807, 2.05) is 24.3 Å². The quantitative estimate of drug-likeness (QED) is 0.496. The minimum atomic E-state index is -1.25. The molecule has 5 nitrogen and oxygen atoms in total. The Morgan fingerprint density at radius 3 is 1.82 bits per heavy atom. The molecule has 156 valence electrons. The molecule has 0 bridgehead atoms. The molecule has 2 aliphatic heterocycles. The molecule has 0 unspecified atom stereocenters. The summed E-state index contributed by atoms with van der Waals surface area (Å²) < 4.78 is 15.2. The van der Waals surface area contributed by atoms with Gasteiger partial charge in [-0.05, 0) is 94.0 Å². The summed E-state index contributed by atoms with van der Waals surface area (Å²) in [7, 11) is 3.15. The van der Waals surface area contributed by atoms with E-state index in [0.717, 1.165) is 11.5 Å². The standard InChI is InChI=1S/C21H37BN3O2P/c1-19(2,3)25(28-26-17-13-10-11-14-18(17)27-28)22(23(8)9)24-20(4,5)15-12-16-21(24,6)7/h10-11,13-14H,12,15-16H2,1-9H3. The first kappa shape index (κ1) is 21.9. The predicted molar refractivity (Wildman–Crippen MR) is 119 cm³/mol. The molecular formula is C21H37BN3O2P. The van der Waals surface area contributed by atoms with Crippen molar-refractivity contribution in [1.82, 2.24) is 14.2 Å². The minimum absolute atomic E-state index is 0.0609. The molecule has 0 spiro atoms. The van der Waals surface area contributed by atoms with Gasteiger partial charge in [-0.3, -0.25) is 0 Å². The van der Waals surface area contributed by atoms with E-state index in [-0.39, 0.29) is 23.7 Å². The van der Waals surface area contributed by atoms with Crippen LogP contribution in [0.5, 0.6) is 11.5 Å². The van der Waals surface area contributed by atoms with Crippen LogP contribution in [0.4, 0.5) is 0 Å². The van der Waals surface area contributed by atoms with Gasteiger partial charge < -0.3 is 18.7 Å². The van der Waals surface area contributed by atoms with Crippen LogP contribution in [0.2, 0.25) is 0 Å². The van der Waals surface area contributed by atoms with Crippen molar-refractivity contribution in [1.29, 1.82) is 0 Å². The molecular weight excluding hydrogens is 368 g/mol. The largest absolute Gasteiger partial charge is 0.424 e. The Kier molecular flexibility index (Phi) is 5.84. The van der Waals surface area contributed by atoms with Gasteiger partial charge in [0.15, 0.2) is 11.5 Å². The van der Waals surface area contributed by atoms with Crippen LogP contribution in [0.25, 0.3) is 0 Å². The van der Waals surface area contributed by atoms with E-state index in [1.54, 1.807) is 0 Å². The van der Waals surface area contributed by atoms with Gasteiger partial charge in [-0.1, -0.05) is 12.1 Å². The van der Waals surface area contributed by atoms with Crippen LogP contribution in [-0.2, 0) is 0 Å². The Labute approximate surface area is 173 Å². The van der Waals surface area contributed by atoms with Crippen molar-refractivity contribution >= 4 is 15.6 Å². The SMILES string of the molecule is CN(C)B(N(P1Oc2ccccc2O1)C(C)(C)C)N1C(C)(C)CCCC1(C)C. The number of fused-ring (bicyclic) bond motifs is 1. The third kappa shape index (κ3) is 4.07. The normalized spacial score (nSPS) is 22.1. The highest BCUT2D eigenvalue weighted by Gasteiger charge is 2.56. The molecule has 2 heterocycles. The lowest BCUT2D eigenvalue weighted by Gasteiger charge is -2.59. The smallest absolute Gasteiger partial charge is 0.413 e. The molecule has 0 saturated carbocycles. The second-order valence-corrected chi connectivity index (χ2v) is 11.8. The summed E-state index contributed by atoms with van der Waals surface area (Å²) in [6.07, 6.45) is 3.65. The molecule has 1 aromatic rings. The lowest BCUT2D eigenvalue weighted by Crippen LogP contribution is -2.74. The fourth-order valence-corrected chi connectivity index (χ4v) is 6.57. The summed E-state index contributed by atoms with van der Waals surface area (Å²) in [5.41, 5.74) is 0.0382. The molecule has 28 heavy (non-hydrogen) atoms. The van der Waals surface area contributed by atoms with E-state index in [0.29, 0.717) is 0 Å². The van der Waals surface area contributed by atoms with Crippen molar-refractivity contribution in [3.63, 3.8) is 0 Å². The van der Waals surface area contributed by atoms with E-state index in [1.165, 1.54) is 19.3 Å². The highest BCUT2D eigenvalue weighted by Crippen LogP contribution is 2.58. The zero-order chi connectivity index (χ0) is 20.9. The Bertz CT molecular complexity index is 664. The fraction of sp³-hybridized carbons (Fsp3) is 0.714. The van der Waals surface area contributed by atoms with Crippen molar-refractivity contribution in [2.75, 3.05) is 14.1 Å². The Hall–Kier alpha value is -0.805. The number of rotatable bonds is 4. The maximum absolute atomic E-state index is 6.37. The lowest BCUT2D eigenvalue weighted by molar-refractivity contribution is 0.0294. The van der Waals surface area contributed by atoms with Gasteiger partial charge in [-0.2, -0.15) is 0 Å². The average Bonchev–Trinajstić information content (AvgIpc) is 2.94. The summed E-state index contributed by atoms with van der Waals surface area (Å²) >= 11 is 0. The number of benzene rings is 1. The van der Waals surface area contributed by atoms with Gasteiger partial charge in [0.05, 0.1) is 0 Å². The molecule has 0 aromatic heterocycles. The van der Waals surface area contributed by atoms with Gasteiger partial charge in [-0.25, -0.2) is 4.58 Å². The summed E-state index contributed by atoms with van der Waals surface area (Å²) in [6, 6.07) is 8.00. The van der Waals surface area contributed by atoms with Gasteiger partial charge in [0.1, 0.15) is 0 Å². The van der Waals surface area contributed by atoms with E-state index in [4.69, 9.17) is 9.05 Å². The van der Waals surface area contributed by atoms with Gasteiger partial charge in [0.2, 0.25) is 0 Å². The summed E-state index contributed by atoms with van der Waals surface area (Å²) in [4.78, 5) is 5.00. The van der Waals surface area contributed by atoms with Gasteiger partial charge in [0.25, 0.3) is 0 Å². The van der Waals surface area contributed by atoms with Crippen molar-refractivity contribution in [2.24, 2.45) is 0 Å². The summed E-state index contributed by atoms with van der Waals surface area (Å²) in [6.45, 7) is 16.3. The molecule has 0 radical (unpaired) electrons. The van der Waals surface area contributed by atoms with Crippen LogP contribution in [-0.4, -0.2) is 52.0 Å². The van der Waals surface area contributed by atoms with Gasteiger partial charge in [0, 0.05) is 16.6 Å². The molecule has 7 heteroatoms. The molecule has 1 fully saturated rings. The summed E-state index contributed by atoms with van der Waals surface area (Å²) in [5.74, 6) is 1.69. The van der Waals surface area contributed by atoms with Crippen LogP contribution in [0.1, 0.15) is 67.7 Å². The zero-order valence-corrected chi connectivity index (χ0v) is 20.0. The van der Waals surface area contributed by atoms with Crippen molar-refractivity contribution in [3.8, 4) is 11.5 Å². The topological polar surface area (TPSA) is 28.2 Å². The fourth-order valence-electron chi connectivity index (χ4n) is 4.75. The number of hydrogen-bond acceptors (Lipinski definition) is 5. The molecule has 0 N–H and O–H groups in total. The molecule has 0 aliphatic carbocycles.